The number of ether oxygens (including phenoxy) is 1. The Kier molecular flexibility index (Phi) is 6.77. The van der Waals surface area contributed by atoms with Crippen LogP contribution >= 0.6 is 20.8 Å². The molecular weight excluding hydrogens is 375 g/mol. The van der Waals surface area contributed by atoms with Crippen LogP contribution in [0.3, 0.4) is 0 Å². The summed E-state index contributed by atoms with van der Waals surface area (Å²) in [4.78, 5) is 12.4. The molecule has 146 valence electrons. The van der Waals surface area contributed by atoms with Crippen molar-refractivity contribution < 1.29 is 9.53 Å². The minimum Gasteiger partial charge on any atom is -0.482 e. The van der Waals surface area contributed by atoms with Crippen LogP contribution in [0.5, 0.6) is 0 Å². The second-order valence-corrected chi connectivity index (χ2v) is 9.58. The Labute approximate surface area is 170 Å². The number of Topliss-reactive ketones (excluding diaryl/α,β-unsaturated/α-hetero) is 1. The summed E-state index contributed by atoms with van der Waals surface area (Å²) in [7, 11) is 2.65. The van der Waals surface area contributed by atoms with E-state index in [0.29, 0.717) is 11.4 Å². The molecule has 0 radical (unpaired) electrons. The van der Waals surface area contributed by atoms with Crippen LogP contribution in [0.2, 0.25) is 5.02 Å². The minimum absolute atomic E-state index is 0.0336. The Morgan fingerprint density at radius 2 is 2.00 bits per heavy atom. The molecular formula is C23H30ClO2P. The molecule has 1 aliphatic heterocycles. The molecule has 1 aromatic carbocycles. The zero-order chi connectivity index (χ0) is 20.5. The van der Waals surface area contributed by atoms with E-state index in [1.54, 1.807) is 0 Å². The van der Waals surface area contributed by atoms with Gasteiger partial charge in [0.05, 0.1) is 0 Å². The van der Waals surface area contributed by atoms with Crippen LogP contribution in [0.25, 0.3) is 5.57 Å². The van der Waals surface area contributed by atoms with Crippen molar-refractivity contribution in [1.82, 2.24) is 0 Å². The Morgan fingerprint density at radius 3 is 2.52 bits per heavy atom. The number of benzene rings is 1. The average Bonchev–Trinajstić information content (AvgIpc) is 2.94. The predicted molar refractivity (Wildman–Crippen MR) is 119 cm³/mol. The summed E-state index contributed by atoms with van der Waals surface area (Å²) in [6, 6.07) is 5.85. The number of carbonyl (C=O) groups is 1. The molecule has 0 bridgehead atoms. The monoisotopic (exact) mass is 404 g/mol. The van der Waals surface area contributed by atoms with E-state index in [1.807, 2.05) is 39.0 Å². The maximum absolute atomic E-state index is 12.4. The molecule has 0 aromatic heterocycles. The van der Waals surface area contributed by atoms with E-state index in [2.05, 4.69) is 42.7 Å². The van der Waals surface area contributed by atoms with Crippen molar-refractivity contribution >= 4 is 37.5 Å². The molecule has 0 saturated carbocycles. The van der Waals surface area contributed by atoms with E-state index in [-0.39, 0.29) is 23.2 Å². The number of rotatable bonds is 5. The van der Waals surface area contributed by atoms with Gasteiger partial charge in [-0.25, -0.2) is 0 Å². The molecule has 0 amide bonds. The predicted octanol–water partition coefficient (Wildman–Crippen LogP) is 6.11. The first-order valence-electron chi connectivity index (χ1n) is 9.28. The Morgan fingerprint density at radius 1 is 1.37 bits per heavy atom. The van der Waals surface area contributed by atoms with Crippen LogP contribution in [-0.4, -0.2) is 11.9 Å². The van der Waals surface area contributed by atoms with Crippen LogP contribution in [0, 0.1) is 11.3 Å². The summed E-state index contributed by atoms with van der Waals surface area (Å²) >= 11 is 6.13. The lowest BCUT2D eigenvalue weighted by atomic mass is 9.82. The molecule has 2 rings (SSSR count). The first-order chi connectivity index (χ1) is 12.4. The highest BCUT2D eigenvalue weighted by atomic mass is 35.5. The lowest BCUT2D eigenvalue weighted by molar-refractivity contribution is -0.130. The summed E-state index contributed by atoms with van der Waals surface area (Å²) in [6.07, 6.45) is 2.35. The number of ketones is 1. The summed E-state index contributed by atoms with van der Waals surface area (Å²) in [5.74, 6) is 0.957. The van der Waals surface area contributed by atoms with Crippen molar-refractivity contribution in [3.63, 3.8) is 0 Å². The van der Waals surface area contributed by atoms with E-state index in [9.17, 15) is 4.79 Å². The molecule has 1 aromatic rings. The number of halogens is 1. The zero-order valence-corrected chi connectivity index (χ0v) is 19.1. The van der Waals surface area contributed by atoms with Gasteiger partial charge in [0.15, 0.2) is 11.9 Å². The Balaban J connectivity index is 2.40. The molecule has 1 aliphatic rings. The number of allylic oxidation sites excluding steroid dienone is 3. The molecule has 0 fully saturated rings. The second-order valence-electron chi connectivity index (χ2n) is 8.55. The lowest BCUT2D eigenvalue weighted by Crippen LogP contribution is -2.25. The SMILES string of the molecule is C=C(/C=C(\C1=C(C)CC(C(=O)C(C)C)O1)C(C)(C)C)c1ccc(Cl)c(P)c1. The normalized spacial score (nSPS) is 18.1. The molecule has 0 spiro atoms. The highest BCUT2D eigenvalue weighted by Gasteiger charge is 2.35. The fraction of sp³-hybridized carbons (Fsp3) is 0.435. The van der Waals surface area contributed by atoms with E-state index in [4.69, 9.17) is 16.3 Å². The third-order valence-corrected chi connectivity index (χ3v) is 5.77. The maximum Gasteiger partial charge on any atom is 0.176 e. The van der Waals surface area contributed by atoms with Gasteiger partial charge in [-0.3, -0.25) is 4.79 Å². The van der Waals surface area contributed by atoms with Crippen molar-refractivity contribution in [2.45, 2.75) is 54.1 Å². The van der Waals surface area contributed by atoms with E-state index >= 15 is 0 Å². The lowest BCUT2D eigenvalue weighted by Gasteiger charge is -2.26. The van der Waals surface area contributed by atoms with Crippen molar-refractivity contribution in [3.05, 3.63) is 58.3 Å². The largest absolute Gasteiger partial charge is 0.482 e. The van der Waals surface area contributed by atoms with Gasteiger partial charge < -0.3 is 4.74 Å². The molecule has 0 N–H and O–H groups in total. The summed E-state index contributed by atoms with van der Waals surface area (Å²) in [6.45, 7) is 16.6. The number of hydrogen-bond donors (Lipinski definition) is 0. The van der Waals surface area contributed by atoms with Gasteiger partial charge in [-0.05, 0) is 52.6 Å². The fourth-order valence-corrected chi connectivity index (χ4v) is 3.50. The molecule has 0 saturated heterocycles. The fourth-order valence-electron chi connectivity index (χ4n) is 3.10. The van der Waals surface area contributed by atoms with E-state index in [1.165, 1.54) is 0 Å². The van der Waals surface area contributed by atoms with Crippen LogP contribution in [0.15, 0.2) is 47.8 Å². The molecule has 2 unspecified atom stereocenters. The molecule has 2 atom stereocenters. The summed E-state index contributed by atoms with van der Waals surface area (Å²) in [5.41, 5.74) is 3.93. The van der Waals surface area contributed by atoms with Gasteiger partial charge in [0.1, 0.15) is 5.76 Å². The number of hydrogen-bond acceptors (Lipinski definition) is 2. The third kappa shape index (κ3) is 5.12. The van der Waals surface area contributed by atoms with Crippen molar-refractivity contribution in [3.8, 4) is 0 Å². The topological polar surface area (TPSA) is 26.3 Å². The average molecular weight is 405 g/mol. The standard InChI is InChI=1S/C23H30ClO2P/c1-13(2)21(25)19-11-15(4)22(26-19)17(23(5,6)7)10-14(3)16-8-9-18(24)20(27)12-16/h8-10,12-13,19H,3,11,27H2,1-2,4-7H3/b17-10+. The van der Waals surface area contributed by atoms with Gasteiger partial charge in [0.25, 0.3) is 0 Å². The molecule has 1 heterocycles. The molecule has 27 heavy (non-hydrogen) atoms. The van der Waals surface area contributed by atoms with Gasteiger partial charge in [-0.2, -0.15) is 0 Å². The van der Waals surface area contributed by atoms with Crippen LogP contribution in [-0.2, 0) is 9.53 Å². The van der Waals surface area contributed by atoms with Crippen LogP contribution < -0.4 is 5.30 Å². The number of carbonyl (C=O) groups excluding carboxylic acids is 1. The van der Waals surface area contributed by atoms with Gasteiger partial charge in [0.2, 0.25) is 0 Å². The van der Waals surface area contributed by atoms with Crippen molar-refractivity contribution in [2.24, 2.45) is 11.3 Å². The zero-order valence-electron chi connectivity index (χ0n) is 17.2. The maximum atomic E-state index is 12.4. The first kappa shape index (κ1) is 21.9. The Hall–Kier alpha value is -1.37. The first-order valence-corrected chi connectivity index (χ1v) is 10.2. The van der Waals surface area contributed by atoms with Gasteiger partial charge >= 0.3 is 0 Å². The summed E-state index contributed by atoms with van der Waals surface area (Å²) < 4.78 is 6.16. The van der Waals surface area contributed by atoms with Gasteiger partial charge in [0, 0.05) is 22.9 Å². The molecule has 2 nitrogen and oxygen atoms in total. The van der Waals surface area contributed by atoms with E-state index in [0.717, 1.165) is 33.3 Å². The van der Waals surface area contributed by atoms with Crippen molar-refractivity contribution in [1.29, 1.82) is 0 Å². The summed E-state index contributed by atoms with van der Waals surface area (Å²) in [5, 5.41) is 1.65. The Bertz CT molecular complexity index is 825. The van der Waals surface area contributed by atoms with E-state index < -0.39 is 0 Å². The quantitative estimate of drug-likeness (QED) is 0.437. The highest BCUT2D eigenvalue weighted by molar-refractivity contribution is 7.28. The molecule has 4 heteroatoms. The minimum atomic E-state index is -0.381. The van der Waals surface area contributed by atoms with Gasteiger partial charge in [-0.1, -0.05) is 58.9 Å². The second kappa shape index (κ2) is 8.33. The third-order valence-electron chi connectivity index (χ3n) is 4.76. The van der Waals surface area contributed by atoms with Gasteiger partial charge in [-0.15, -0.1) is 9.24 Å². The smallest absolute Gasteiger partial charge is 0.176 e. The van der Waals surface area contributed by atoms with Crippen LogP contribution in [0.4, 0.5) is 0 Å². The highest BCUT2D eigenvalue weighted by Crippen LogP contribution is 2.40. The van der Waals surface area contributed by atoms with Crippen molar-refractivity contribution in [2.75, 3.05) is 0 Å². The molecule has 0 aliphatic carbocycles. The van der Waals surface area contributed by atoms with Crippen LogP contribution in [0.1, 0.15) is 53.5 Å².